The summed E-state index contributed by atoms with van der Waals surface area (Å²) in [4.78, 5) is 39.0. The molecule has 1 aliphatic carbocycles. The van der Waals surface area contributed by atoms with Crippen molar-refractivity contribution in [3.8, 4) is 11.1 Å². The van der Waals surface area contributed by atoms with Gasteiger partial charge in [0.1, 0.15) is 12.6 Å². The molecule has 0 radical (unpaired) electrons. The van der Waals surface area contributed by atoms with Crippen LogP contribution in [0.4, 0.5) is 4.79 Å². The summed E-state index contributed by atoms with van der Waals surface area (Å²) in [5.74, 6) is -1.83. The van der Waals surface area contributed by atoms with Gasteiger partial charge in [0.25, 0.3) is 0 Å². The minimum atomic E-state index is -0.900. The average Bonchev–Trinajstić information content (AvgIpc) is 3.20. The zero-order chi connectivity index (χ0) is 24.8. The molecule has 1 fully saturated rings. The van der Waals surface area contributed by atoms with Crippen molar-refractivity contribution in [1.82, 2.24) is 10.2 Å². The molecule has 0 spiro atoms. The Morgan fingerprint density at radius 3 is 2.37 bits per heavy atom. The Hall–Kier alpha value is -3.39. The van der Waals surface area contributed by atoms with Crippen molar-refractivity contribution in [3.63, 3.8) is 0 Å². The van der Waals surface area contributed by atoms with Crippen molar-refractivity contribution in [2.75, 3.05) is 33.4 Å². The molecule has 0 saturated carbocycles. The van der Waals surface area contributed by atoms with E-state index in [2.05, 4.69) is 17.4 Å². The Labute approximate surface area is 205 Å². The highest BCUT2D eigenvalue weighted by Crippen LogP contribution is 2.44. The number of fused-ring (bicyclic) bond motifs is 3. The SMILES string of the molecule is COCCCC(NC(=O)OCC1c2ccccc2-c2ccccc21)C(=O)N1CCC[C@H](C(=O)O)C1. The number of carboxylic acid groups (broad SMARTS) is 1. The summed E-state index contributed by atoms with van der Waals surface area (Å²) in [5.41, 5.74) is 4.51. The van der Waals surface area contributed by atoms with Crippen LogP contribution in [0.3, 0.4) is 0 Å². The van der Waals surface area contributed by atoms with Crippen molar-refractivity contribution < 1.29 is 29.0 Å². The summed E-state index contributed by atoms with van der Waals surface area (Å²) in [7, 11) is 1.58. The number of nitrogens with zero attached hydrogens (tertiary/aromatic N) is 1. The van der Waals surface area contributed by atoms with E-state index in [-0.39, 0.29) is 25.0 Å². The number of methoxy groups -OCH3 is 1. The summed E-state index contributed by atoms with van der Waals surface area (Å²) in [5, 5.41) is 12.1. The highest BCUT2D eigenvalue weighted by molar-refractivity contribution is 5.86. The molecule has 2 N–H and O–H groups in total. The predicted octanol–water partition coefficient (Wildman–Crippen LogP) is 3.64. The van der Waals surface area contributed by atoms with Crippen LogP contribution < -0.4 is 5.32 Å². The number of piperidine rings is 1. The number of alkyl carbamates (subject to hydrolysis) is 1. The van der Waals surface area contributed by atoms with Crippen LogP contribution in [0.1, 0.15) is 42.7 Å². The normalized spacial score (nSPS) is 17.9. The van der Waals surface area contributed by atoms with Crippen molar-refractivity contribution in [2.45, 2.75) is 37.6 Å². The third kappa shape index (κ3) is 5.65. The number of nitrogens with one attached hydrogen (secondary N) is 1. The van der Waals surface area contributed by atoms with E-state index in [1.54, 1.807) is 12.0 Å². The van der Waals surface area contributed by atoms with Gasteiger partial charge in [-0.3, -0.25) is 9.59 Å². The number of carbonyl (C=O) groups excluding carboxylic acids is 2. The molecule has 4 rings (SSSR count). The molecule has 2 amide bonds. The maximum atomic E-state index is 13.2. The molecule has 35 heavy (non-hydrogen) atoms. The number of amides is 2. The van der Waals surface area contributed by atoms with Crippen LogP contribution in [-0.4, -0.2) is 67.4 Å². The van der Waals surface area contributed by atoms with E-state index < -0.39 is 24.0 Å². The van der Waals surface area contributed by atoms with E-state index in [0.717, 1.165) is 22.3 Å². The number of ether oxygens (including phenoxy) is 2. The van der Waals surface area contributed by atoms with Crippen LogP contribution in [0.15, 0.2) is 48.5 Å². The molecule has 2 aliphatic rings. The van der Waals surface area contributed by atoms with Crippen molar-refractivity contribution >= 4 is 18.0 Å². The largest absolute Gasteiger partial charge is 0.481 e. The number of aliphatic carboxylic acids is 1. The average molecular weight is 481 g/mol. The number of likely N-dealkylation sites (tertiary alicyclic amines) is 1. The highest BCUT2D eigenvalue weighted by atomic mass is 16.5. The van der Waals surface area contributed by atoms with E-state index in [1.807, 2.05) is 36.4 Å². The second kappa shape index (κ2) is 11.4. The first-order valence-electron chi connectivity index (χ1n) is 12.1. The van der Waals surface area contributed by atoms with Gasteiger partial charge in [-0.15, -0.1) is 0 Å². The number of rotatable bonds is 9. The fraction of sp³-hybridized carbons (Fsp3) is 0.444. The lowest BCUT2D eigenvalue weighted by Gasteiger charge is -2.33. The third-order valence-electron chi connectivity index (χ3n) is 6.86. The quantitative estimate of drug-likeness (QED) is 0.531. The fourth-order valence-corrected chi connectivity index (χ4v) is 5.07. The Morgan fingerprint density at radius 1 is 1.09 bits per heavy atom. The van der Waals surface area contributed by atoms with Crippen LogP contribution in [0, 0.1) is 5.92 Å². The molecule has 0 bridgehead atoms. The monoisotopic (exact) mass is 480 g/mol. The van der Waals surface area contributed by atoms with Gasteiger partial charge in [-0.2, -0.15) is 0 Å². The molecule has 0 aromatic heterocycles. The van der Waals surface area contributed by atoms with Crippen LogP contribution in [-0.2, 0) is 19.1 Å². The zero-order valence-electron chi connectivity index (χ0n) is 19.9. The van der Waals surface area contributed by atoms with E-state index in [4.69, 9.17) is 9.47 Å². The molecule has 8 nitrogen and oxygen atoms in total. The van der Waals surface area contributed by atoms with Crippen LogP contribution in [0.25, 0.3) is 11.1 Å². The second-order valence-corrected chi connectivity index (χ2v) is 9.12. The van der Waals surface area contributed by atoms with E-state index >= 15 is 0 Å². The molecule has 1 heterocycles. The second-order valence-electron chi connectivity index (χ2n) is 9.12. The van der Waals surface area contributed by atoms with Crippen molar-refractivity contribution in [2.24, 2.45) is 5.92 Å². The molecule has 186 valence electrons. The van der Waals surface area contributed by atoms with Gasteiger partial charge in [0.15, 0.2) is 0 Å². The molecular weight excluding hydrogens is 448 g/mol. The number of carboxylic acids is 1. The minimum absolute atomic E-state index is 0.0748. The maximum Gasteiger partial charge on any atom is 0.407 e. The number of hydrogen-bond donors (Lipinski definition) is 2. The van der Waals surface area contributed by atoms with Crippen LogP contribution in [0.2, 0.25) is 0 Å². The summed E-state index contributed by atoms with van der Waals surface area (Å²) < 4.78 is 10.7. The van der Waals surface area contributed by atoms with Crippen LogP contribution >= 0.6 is 0 Å². The predicted molar refractivity (Wildman–Crippen MR) is 130 cm³/mol. The van der Waals surface area contributed by atoms with Crippen LogP contribution in [0.5, 0.6) is 0 Å². The molecule has 2 aromatic rings. The van der Waals surface area contributed by atoms with E-state index in [1.165, 1.54) is 0 Å². The molecule has 2 atom stereocenters. The number of hydrogen-bond acceptors (Lipinski definition) is 5. The Bertz CT molecular complexity index is 1030. The summed E-state index contributed by atoms with van der Waals surface area (Å²) in [6, 6.07) is 15.4. The van der Waals surface area contributed by atoms with Gasteiger partial charge >= 0.3 is 12.1 Å². The topological polar surface area (TPSA) is 105 Å². The fourth-order valence-electron chi connectivity index (χ4n) is 5.07. The lowest BCUT2D eigenvalue weighted by Crippen LogP contribution is -2.52. The Balaban J connectivity index is 1.41. The molecule has 2 aromatic carbocycles. The molecule has 8 heteroatoms. The van der Waals surface area contributed by atoms with Gasteiger partial charge in [-0.05, 0) is 47.9 Å². The summed E-state index contributed by atoms with van der Waals surface area (Å²) in [6.45, 7) is 1.24. The first-order chi connectivity index (χ1) is 17.0. The standard InChI is InChI=1S/C27H32N2O6/c1-34-15-7-13-24(25(30)29-14-6-8-18(16-29)26(31)32)28-27(33)35-17-23-21-11-4-2-9-19(21)20-10-3-5-12-22(20)23/h2-5,9-12,18,23-24H,6-8,13-17H2,1H3,(H,28,33)(H,31,32)/t18-,24?/m0/s1. The van der Waals surface area contributed by atoms with Crippen molar-refractivity contribution in [3.05, 3.63) is 59.7 Å². The first kappa shape index (κ1) is 24.7. The molecular formula is C27H32N2O6. The smallest absolute Gasteiger partial charge is 0.407 e. The zero-order valence-corrected chi connectivity index (χ0v) is 19.9. The van der Waals surface area contributed by atoms with Gasteiger partial charge in [0, 0.05) is 32.7 Å². The summed E-state index contributed by atoms with van der Waals surface area (Å²) >= 11 is 0. The highest BCUT2D eigenvalue weighted by Gasteiger charge is 2.33. The van der Waals surface area contributed by atoms with Gasteiger partial charge < -0.3 is 24.8 Å². The number of carbonyl (C=O) groups is 3. The van der Waals surface area contributed by atoms with Gasteiger partial charge in [0.05, 0.1) is 5.92 Å². The molecule has 1 unspecified atom stereocenters. The summed E-state index contributed by atoms with van der Waals surface area (Å²) in [6.07, 6.45) is 1.47. The van der Waals surface area contributed by atoms with Gasteiger partial charge in [-0.25, -0.2) is 4.79 Å². The Morgan fingerprint density at radius 2 is 1.74 bits per heavy atom. The van der Waals surface area contributed by atoms with Crippen molar-refractivity contribution in [1.29, 1.82) is 0 Å². The van der Waals surface area contributed by atoms with E-state index in [0.29, 0.717) is 38.8 Å². The van der Waals surface area contributed by atoms with Gasteiger partial charge in [-0.1, -0.05) is 48.5 Å². The maximum absolute atomic E-state index is 13.2. The van der Waals surface area contributed by atoms with Gasteiger partial charge in [0.2, 0.25) is 5.91 Å². The number of benzene rings is 2. The lowest BCUT2D eigenvalue weighted by molar-refractivity contribution is -0.146. The Kier molecular flexibility index (Phi) is 8.02. The molecule has 1 saturated heterocycles. The first-order valence-corrected chi connectivity index (χ1v) is 12.1. The molecule has 1 aliphatic heterocycles. The minimum Gasteiger partial charge on any atom is -0.481 e. The third-order valence-corrected chi connectivity index (χ3v) is 6.86. The lowest BCUT2D eigenvalue weighted by atomic mass is 9.97. The van der Waals surface area contributed by atoms with E-state index in [9.17, 15) is 19.5 Å².